The molecule has 0 amide bonds. The maximum Gasteiger partial charge on any atom is 0.282 e. The molecular weight excluding hydrogens is 283 g/mol. The van der Waals surface area contributed by atoms with E-state index in [1.54, 1.807) is 22.6 Å². The van der Waals surface area contributed by atoms with E-state index in [0.717, 1.165) is 6.20 Å². The van der Waals surface area contributed by atoms with Crippen molar-refractivity contribution in [1.82, 2.24) is 4.98 Å². The Balaban J connectivity index is 3.37. The van der Waals surface area contributed by atoms with Crippen molar-refractivity contribution >= 4 is 22.6 Å². The highest BCUT2D eigenvalue weighted by molar-refractivity contribution is 14.1. The lowest BCUT2D eigenvalue weighted by Crippen LogP contribution is -2.08. The van der Waals surface area contributed by atoms with Crippen molar-refractivity contribution in [2.75, 3.05) is 0 Å². The number of pyridine rings is 1. The van der Waals surface area contributed by atoms with Gasteiger partial charge < -0.3 is 10.1 Å². The van der Waals surface area contributed by atoms with Crippen molar-refractivity contribution in [3.8, 4) is 5.75 Å². The molecule has 0 atom stereocenters. The number of aromatic hydroxyl groups is 1. The number of aromatic amines is 1. The zero-order valence-corrected chi connectivity index (χ0v) is 7.80. The van der Waals surface area contributed by atoms with Gasteiger partial charge in [-0.15, -0.1) is 0 Å². The number of halogens is 3. The minimum atomic E-state index is -2.87. The number of aromatic nitrogens is 1. The molecule has 3 nitrogen and oxygen atoms in total. The summed E-state index contributed by atoms with van der Waals surface area (Å²) in [6, 6.07) is 0. The summed E-state index contributed by atoms with van der Waals surface area (Å²) in [6.45, 7) is 0. The first-order valence-corrected chi connectivity index (χ1v) is 4.00. The number of rotatable bonds is 1. The zero-order chi connectivity index (χ0) is 9.30. The standard InChI is InChI=1S/C6H4F2INO2/c7-6(8)3-5(12)4(11)2(9)1-10-3/h1,6,12H,(H,10,11). The molecule has 0 aliphatic heterocycles. The SMILES string of the molecule is O=c1c(I)c[nH]c(C(F)F)c1O. The molecule has 0 aliphatic rings. The van der Waals surface area contributed by atoms with E-state index in [-0.39, 0.29) is 3.57 Å². The van der Waals surface area contributed by atoms with E-state index in [0.29, 0.717) is 0 Å². The summed E-state index contributed by atoms with van der Waals surface area (Å²) in [5.41, 5.74) is -1.51. The van der Waals surface area contributed by atoms with Crippen LogP contribution in [0.4, 0.5) is 8.78 Å². The molecule has 0 saturated carbocycles. The summed E-state index contributed by atoms with van der Waals surface area (Å²) < 4.78 is 24.2. The molecule has 12 heavy (non-hydrogen) atoms. The molecule has 0 radical (unpaired) electrons. The molecule has 1 heterocycles. The Morgan fingerprint density at radius 1 is 1.58 bits per heavy atom. The third kappa shape index (κ3) is 1.57. The van der Waals surface area contributed by atoms with Crippen LogP contribution in [0, 0.1) is 3.57 Å². The molecule has 0 spiro atoms. The van der Waals surface area contributed by atoms with Crippen molar-refractivity contribution in [3.63, 3.8) is 0 Å². The molecule has 66 valence electrons. The first kappa shape index (κ1) is 9.43. The molecule has 0 aliphatic carbocycles. The van der Waals surface area contributed by atoms with Gasteiger partial charge in [-0.1, -0.05) is 0 Å². The number of H-pyrrole nitrogens is 1. The van der Waals surface area contributed by atoms with Crippen molar-refractivity contribution in [1.29, 1.82) is 0 Å². The third-order valence-corrected chi connectivity index (χ3v) is 2.06. The van der Waals surface area contributed by atoms with Gasteiger partial charge in [0.15, 0.2) is 5.75 Å². The van der Waals surface area contributed by atoms with Crippen molar-refractivity contribution in [3.05, 3.63) is 25.7 Å². The van der Waals surface area contributed by atoms with Gasteiger partial charge in [0.2, 0.25) is 5.43 Å². The lowest BCUT2D eigenvalue weighted by atomic mass is 10.3. The molecule has 0 fully saturated rings. The number of nitrogens with one attached hydrogen (secondary N) is 1. The van der Waals surface area contributed by atoms with E-state index in [9.17, 15) is 13.6 Å². The van der Waals surface area contributed by atoms with Crippen molar-refractivity contribution < 1.29 is 13.9 Å². The lowest BCUT2D eigenvalue weighted by Gasteiger charge is -2.01. The van der Waals surface area contributed by atoms with E-state index in [1.807, 2.05) is 0 Å². The van der Waals surface area contributed by atoms with Crippen LogP contribution in [0.1, 0.15) is 12.1 Å². The van der Waals surface area contributed by atoms with Crippen LogP contribution in [0.2, 0.25) is 0 Å². The van der Waals surface area contributed by atoms with E-state index in [1.165, 1.54) is 0 Å². The van der Waals surface area contributed by atoms with E-state index >= 15 is 0 Å². The molecule has 0 unspecified atom stereocenters. The van der Waals surface area contributed by atoms with Gasteiger partial charge in [-0.2, -0.15) is 0 Å². The van der Waals surface area contributed by atoms with Crippen LogP contribution in [0.25, 0.3) is 0 Å². The topological polar surface area (TPSA) is 53.1 Å². The van der Waals surface area contributed by atoms with Gasteiger partial charge in [0.25, 0.3) is 6.43 Å². The van der Waals surface area contributed by atoms with Gasteiger partial charge in [-0.05, 0) is 22.6 Å². The van der Waals surface area contributed by atoms with Gasteiger partial charge >= 0.3 is 0 Å². The second-order valence-corrected chi connectivity index (χ2v) is 3.19. The lowest BCUT2D eigenvalue weighted by molar-refractivity contribution is 0.141. The normalized spacial score (nSPS) is 10.7. The summed E-state index contributed by atoms with van der Waals surface area (Å²) in [7, 11) is 0. The van der Waals surface area contributed by atoms with Gasteiger partial charge in [0.05, 0.1) is 3.57 Å². The van der Waals surface area contributed by atoms with Crippen molar-refractivity contribution in [2.45, 2.75) is 6.43 Å². The van der Waals surface area contributed by atoms with Gasteiger partial charge in [0.1, 0.15) is 5.69 Å². The van der Waals surface area contributed by atoms with E-state index in [2.05, 4.69) is 4.98 Å². The Bertz CT molecular complexity index is 350. The highest BCUT2D eigenvalue weighted by Crippen LogP contribution is 2.22. The van der Waals surface area contributed by atoms with Crippen LogP contribution in [0.3, 0.4) is 0 Å². The number of hydrogen-bond acceptors (Lipinski definition) is 2. The first-order valence-electron chi connectivity index (χ1n) is 2.92. The minimum Gasteiger partial charge on any atom is -0.503 e. The van der Waals surface area contributed by atoms with E-state index < -0.39 is 23.3 Å². The second-order valence-electron chi connectivity index (χ2n) is 2.03. The van der Waals surface area contributed by atoms with Crippen LogP contribution in [-0.2, 0) is 0 Å². The first-order chi connectivity index (χ1) is 5.54. The third-order valence-electron chi connectivity index (χ3n) is 1.26. The molecule has 1 rings (SSSR count). The van der Waals surface area contributed by atoms with Crippen molar-refractivity contribution in [2.24, 2.45) is 0 Å². The Kier molecular flexibility index (Phi) is 2.65. The Hall–Kier alpha value is -0.660. The van der Waals surface area contributed by atoms with Crippen LogP contribution in [-0.4, -0.2) is 10.1 Å². The van der Waals surface area contributed by atoms with Crippen LogP contribution in [0.15, 0.2) is 11.0 Å². The predicted molar refractivity (Wildman–Crippen MR) is 46.4 cm³/mol. The predicted octanol–water partition coefficient (Wildman–Crippen LogP) is 1.62. The molecule has 0 bridgehead atoms. The van der Waals surface area contributed by atoms with Gasteiger partial charge in [-0.25, -0.2) is 8.78 Å². The molecule has 0 aromatic carbocycles. The summed E-state index contributed by atoms with van der Waals surface area (Å²) in [4.78, 5) is 13.0. The largest absolute Gasteiger partial charge is 0.503 e. The monoisotopic (exact) mass is 287 g/mol. The van der Waals surface area contributed by atoms with Crippen LogP contribution >= 0.6 is 22.6 Å². The number of alkyl halides is 2. The summed E-state index contributed by atoms with van der Waals surface area (Å²) >= 11 is 1.64. The molecule has 6 heteroatoms. The second kappa shape index (κ2) is 3.38. The average molecular weight is 287 g/mol. The maximum atomic E-state index is 12.0. The highest BCUT2D eigenvalue weighted by atomic mass is 127. The molecular formula is C6H4F2INO2. The summed E-state index contributed by atoms with van der Waals surface area (Å²) in [6.07, 6.45) is -1.74. The minimum absolute atomic E-state index is 0.175. The van der Waals surface area contributed by atoms with E-state index in [4.69, 9.17) is 5.11 Å². The van der Waals surface area contributed by atoms with Crippen LogP contribution < -0.4 is 5.43 Å². The molecule has 2 N–H and O–H groups in total. The number of hydrogen-bond donors (Lipinski definition) is 2. The Labute approximate surface area is 79.6 Å². The van der Waals surface area contributed by atoms with Crippen LogP contribution in [0.5, 0.6) is 5.75 Å². The van der Waals surface area contributed by atoms with Gasteiger partial charge in [-0.3, -0.25) is 4.79 Å². The summed E-state index contributed by atoms with van der Waals surface area (Å²) in [5.74, 6) is -0.906. The average Bonchev–Trinajstić information content (AvgIpc) is 2.00. The molecule has 0 saturated heterocycles. The fourth-order valence-corrected chi connectivity index (χ4v) is 1.09. The summed E-state index contributed by atoms with van der Waals surface area (Å²) in [5, 5.41) is 8.92. The zero-order valence-electron chi connectivity index (χ0n) is 5.64. The molecule has 1 aromatic rings. The Morgan fingerprint density at radius 2 is 2.17 bits per heavy atom. The fraction of sp³-hybridized carbons (Fsp3) is 0.167. The Morgan fingerprint density at radius 3 is 2.67 bits per heavy atom. The molecule has 1 aromatic heterocycles. The quantitative estimate of drug-likeness (QED) is 0.771. The fourth-order valence-electron chi connectivity index (χ4n) is 0.677. The maximum absolute atomic E-state index is 12.0. The smallest absolute Gasteiger partial charge is 0.282 e. The van der Waals surface area contributed by atoms with Gasteiger partial charge in [0, 0.05) is 6.20 Å². The highest BCUT2D eigenvalue weighted by Gasteiger charge is 2.16.